The third-order valence-corrected chi connectivity index (χ3v) is 5.22. The molecule has 1 fully saturated rings. The quantitative estimate of drug-likeness (QED) is 0.639. The number of morpholine rings is 1. The minimum Gasteiger partial charge on any atom is -0.496 e. The van der Waals surface area contributed by atoms with Gasteiger partial charge in [-0.2, -0.15) is 0 Å². The Balaban J connectivity index is 1.51. The SMILES string of the molecule is COc1ccccc1C(=O)NCCC(=O)NC[C@H](c1ccc(F)cc1)N1CCOCC1. The van der Waals surface area contributed by atoms with Gasteiger partial charge in [0, 0.05) is 32.6 Å². The molecule has 8 heteroatoms. The fraction of sp³-hybridized carbons (Fsp3) is 0.391. The van der Waals surface area contributed by atoms with E-state index in [1.54, 1.807) is 36.4 Å². The van der Waals surface area contributed by atoms with Gasteiger partial charge >= 0.3 is 0 Å². The zero-order chi connectivity index (χ0) is 22.1. The summed E-state index contributed by atoms with van der Waals surface area (Å²) < 4.78 is 23.9. The molecular weight excluding hydrogens is 401 g/mol. The molecule has 7 nitrogen and oxygen atoms in total. The summed E-state index contributed by atoms with van der Waals surface area (Å²) in [5.74, 6) is -0.264. The fourth-order valence-corrected chi connectivity index (χ4v) is 3.55. The van der Waals surface area contributed by atoms with Crippen molar-refractivity contribution in [3.63, 3.8) is 0 Å². The molecular formula is C23H28FN3O4. The highest BCUT2D eigenvalue weighted by Gasteiger charge is 2.23. The third-order valence-electron chi connectivity index (χ3n) is 5.22. The number of hydrogen-bond acceptors (Lipinski definition) is 5. The van der Waals surface area contributed by atoms with Crippen molar-refractivity contribution in [3.05, 3.63) is 65.5 Å². The minimum absolute atomic E-state index is 0.0726. The van der Waals surface area contributed by atoms with Crippen molar-refractivity contribution in [3.8, 4) is 5.75 Å². The number of ether oxygens (including phenoxy) is 2. The Kier molecular flexibility index (Phi) is 8.37. The third kappa shape index (κ3) is 6.50. The Labute approximate surface area is 181 Å². The molecule has 0 aliphatic carbocycles. The number of nitrogens with one attached hydrogen (secondary N) is 2. The molecule has 1 aliphatic rings. The second kappa shape index (κ2) is 11.4. The highest BCUT2D eigenvalue weighted by Crippen LogP contribution is 2.22. The van der Waals surface area contributed by atoms with Crippen LogP contribution in [0.3, 0.4) is 0 Å². The highest BCUT2D eigenvalue weighted by atomic mass is 19.1. The molecule has 0 spiro atoms. The molecule has 1 saturated heterocycles. The van der Waals surface area contributed by atoms with Crippen LogP contribution >= 0.6 is 0 Å². The van der Waals surface area contributed by atoms with Crippen LogP contribution in [0.15, 0.2) is 48.5 Å². The van der Waals surface area contributed by atoms with E-state index < -0.39 is 0 Å². The maximum absolute atomic E-state index is 13.3. The van der Waals surface area contributed by atoms with Crippen LogP contribution in [-0.4, -0.2) is 63.2 Å². The molecule has 31 heavy (non-hydrogen) atoms. The zero-order valence-corrected chi connectivity index (χ0v) is 17.6. The lowest BCUT2D eigenvalue weighted by Gasteiger charge is -2.35. The number of benzene rings is 2. The number of nitrogens with zero attached hydrogens (tertiary/aromatic N) is 1. The van der Waals surface area contributed by atoms with Crippen LogP contribution in [0.4, 0.5) is 4.39 Å². The van der Waals surface area contributed by atoms with Gasteiger partial charge in [-0.15, -0.1) is 0 Å². The number of para-hydroxylation sites is 1. The van der Waals surface area contributed by atoms with Crippen LogP contribution in [0, 0.1) is 5.82 Å². The number of rotatable bonds is 9. The Hall–Kier alpha value is -2.97. The van der Waals surface area contributed by atoms with Crippen molar-refractivity contribution in [2.24, 2.45) is 0 Å². The van der Waals surface area contributed by atoms with Gasteiger partial charge in [0.25, 0.3) is 5.91 Å². The second-order valence-electron chi connectivity index (χ2n) is 7.23. The van der Waals surface area contributed by atoms with E-state index in [-0.39, 0.29) is 36.6 Å². The van der Waals surface area contributed by atoms with Gasteiger partial charge in [-0.05, 0) is 29.8 Å². The van der Waals surface area contributed by atoms with E-state index in [2.05, 4.69) is 15.5 Å². The van der Waals surface area contributed by atoms with Gasteiger partial charge in [-0.3, -0.25) is 14.5 Å². The van der Waals surface area contributed by atoms with Crippen LogP contribution in [-0.2, 0) is 9.53 Å². The van der Waals surface area contributed by atoms with Crippen LogP contribution in [0.1, 0.15) is 28.4 Å². The Bertz CT molecular complexity index is 869. The molecule has 1 atom stereocenters. The van der Waals surface area contributed by atoms with Crippen LogP contribution in [0.5, 0.6) is 5.75 Å². The van der Waals surface area contributed by atoms with Gasteiger partial charge in [0.1, 0.15) is 11.6 Å². The van der Waals surface area contributed by atoms with Crippen molar-refractivity contribution >= 4 is 11.8 Å². The first-order chi connectivity index (χ1) is 15.1. The minimum atomic E-state index is -0.292. The largest absolute Gasteiger partial charge is 0.496 e. The van der Waals surface area contributed by atoms with E-state index in [0.717, 1.165) is 18.7 Å². The van der Waals surface area contributed by atoms with E-state index in [9.17, 15) is 14.0 Å². The van der Waals surface area contributed by atoms with Crippen LogP contribution < -0.4 is 15.4 Å². The molecule has 166 valence electrons. The van der Waals surface area contributed by atoms with Gasteiger partial charge in [0.2, 0.25) is 5.91 Å². The van der Waals surface area contributed by atoms with Crippen LogP contribution in [0.2, 0.25) is 0 Å². The van der Waals surface area contributed by atoms with E-state index in [1.165, 1.54) is 19.2 Å². The standard InChI is InChI=1S/C23H28FN3O4/c1-30-21-5-3-2-4-19(21)23(29)25-11-10-22(28)26-16-20(27-12-14-31-15-13-27)17-6-8-18(24)9-7-17/h2-9,20H,10-16H2,1H3,(H,25,29)(H,26,28)/t20-/m1/s1. The predicted octanol–water partition coefficient (Wildman–Crippen LogP) is 2.14. The predicted molar refractivity (Wildman–Crippen MR) is 114 cm³/mol. The lowest BCUT2D eigenvalue weighted by atomic mass is 10.0. The summed E-state index contributed by atoms with van der Waals surface area (Å²) in [4.78, 5) is 26.9. The van der Waals surface area contributed by atoms with E-state index >= 15 is 0 Å². The normalized spacial score (nSPS) is 15.2. The lowest BCUT2D eigenvalue weighted by molar-refractivity contribution is -0.121. The topological polar surface area (TPSA) is 79.9 Å². The average Bonchev–Trinajstić information content (AvgIpc) is 2.81. The molecule has 0 saturated carbocycles. The molecule has 0 unspecified atom stereocenters. The summed E-state index contributed by atoms with van der Waals surface area (Å²) in [5, 5.41) is 5.68. The molecule has 2 N–H and O–H groups in total. The zero-order valence-electron chi connectivity index (χ0n) is 17.6. The number of carbonyl (C=O) groups excluding carboxylic acids is 2. The molecule has 0 aromatic heterocycles. The van der Waals surface area contributed by atoms with E-state index in [0.29, 0.717) is 31.1 Å². The van der Waals surface area contributed by atoms with Crippen LogP contribution in [0.25, 0.3) is 0 Å². The van der Waals surface area contributed by atoms with Gasteiger partial charge in [-0.25, -0.2) is 4.39 Å². The summed E-state index contributed by atoms with van der Waals surface area (Å²) >= 11 is 0. The number of halogens is 1. The summed E-state index contributed by atoms with van der Waals surface area (Å²) in [6.07, 6.45) is 0.153. The molecule has 2 amide bonds. The summed E-state index contributed by atoms with van der Waals surface area (Å²) in [5.41, 5.74) is 1.36. The maximum Gasteiger partial charge on any atom is 0.255 e. The highest BCUT2D eigenvalue weighted by molar-refractivity contribution is 5.97. The number of hydrogen-bond donors (Lipinski definition) is 2. The smallest absolute Gasteiger partial charge is 0.255 e. The lowest BCUT2D eigenvalue weighted by Crippen LogP contribution is -2.44. The molecule has 0 bridgehead atoms. The average molecular weight is 429 g/mol. The van der Waals surface area contributed by atoms with Gasteiger partial charge in [0.15, 0.2) is 0 Å². The van der Waals surface area contributed by atoms with Crippen molar-refractivity contribution in [1.29, 1.82) is 0 Å². The molecule has 1 heterocycles. The molecule has 2 aromatic rings. The first kappa shape index (κ1) is 22.7. The maximum atomic E-state index is 13.3. The second-order valence-corrected chi connectivity index (χ2v) is 7.23. The number of amides is 2. The van der Waals surface area contributed by atoms with E-state index in [4.69, 9.17) is 9.47 Å². The fourth-order valence-electron chi connectivity index (χ4n) is 3.55. The summed E-state index contributed by atoms with van der Waals surface area (Å²) in [6, 6.07) is 13.2. The van der Waals surface area contributed by atoms with Gasteiger partial charge in [0.05, 0.1) is 31.9 Å². The van der Waals surface area contributed by atoms with E-state index in [1.807, 2.05) is 0 Å². The van der Waals surface area contributed by atoms with Crippen molar-refractivity contribution in [2.45, 2.75) is 12.5 Å². The summed E-state index contributed by atoms with van der Waals surface area (Å²) in [7, 11) is 1.51. The molecule has 1 aliphatic heterocycles. The number of carbonyl (C=O) groups is 2. The van der Waals surface area contributed by atoms with Gasteiger partial charge < -0.3 is 20.1 Å². The van der Waals surface area contributed by atoms with Crippen molar-refractivity contribution in [2.75, 3.05) is 46.5 Å². The summed E-state index contributed by atoms with van der Waals surface area (Å²) in [6.45, 7) is 3.34. The Morgan fingerprint density at radius 2 is 1.81 bits per heavy atom. The number of methoxy groups -OCH3 is 1. The Morgan fingerprint density at radius 1 is 1.10 bits per heavy atom. The van der Waals surface area contributed by atoms with Gasteiger partial charge in [-0.1, -0.05) is 24.3 Å². The monoisotopic (exact) mass is 429 g/mol. The Morgan fingerprint density at radius 3 is 2.52 bits per heavy atom. The van der Waals surface area contributed by atoms with Crippen molar-refractivity contribution < 1.29 is 23.5 Å². The first-order valence-corrected chi connectivity index (χ1v) is 10.3. The first-order valence-electron chi connectivity index (χ1n) is 10.3. The molecule has 2 aromatic carbocycles. The molecule has 3 rings (SSSR count). The molecule has 0 radical (unpaired) electrons. The van der Waals surface area contributed by atoms with Crippen molar-refractivity contribution in [1.82, 2.24) is 15.5 Å².